The molecular formula is C11H11Br2NO3S. The van der Waals surface area contributed by atoms with Crippen LogP contribution < -0.4 is 0 Å². The number of ketones is 1. The fraction of sp³-hybridized carbons (Fsp3) is 0.364. The summed E-state index contributed by atoms with van der Waals surface area (Å²) in [5.74, 6) is 0.122. The van der Waals surface area contributed by atoms with Crippen molar-refractivity contribution in [3.05, 3.63) is 27.1 Å². The van der Waals surface area contributed by atoms with Gasteiger partial charge in [0.25, 0.3) is 0 Å². The van der Waals surface area contributed by atoms with Gasteiger partial charge in [-0.2, -0.15) is 4.31 Å². The minimum atomic E-state index is -3.52. The number of piperidine rings is 1. The molecule has 0 unspecified atom stereocenters. The lowest BCUT2D eigenvalue weighted by Crippen LogP contribution is -2.38. The molecule has 0 amide bonds. The van der Waals surface area contributed by atoms with Crippen LogP contribution in [-0.2, 0) is 14.8 Å². The van der Waals surface area contributed by atoms with Gasteiger partial charge in [-0.3, -0.25) is 4.79 Å². The number of benzene rings is 1. The van der Waals surface area contributed by atoms with Crippen LogP contribution in [0, 0.1) is 0 Å². The highest BCUT2D eigenvalue weighted by atomic mass is 79.9. The van der Waals surface area contributed by atoms with E-state index in [1.165, 1.54) is 4.31 Å². The molecule has 0 radical (unpaired) electrons. The molecule has 0 N–H and O–H groups in total. The maximum atomic E-state index is 12.4. The molecule has 0 spiro atoms. The van der Waals surface area contributed by atoms with Crippen molar-refractivity contribution in [2.75, 3.05) is 13.1 Å². The average Bonchev–Trinajstić information content (AvgIpc) is 2.29. The van der Waals surface area contributed by atoms with Crippen molar-refractivity contribution >= 4 is 47.7 Å². The number of hydrogen-bond donors (Lipinski definition) is 0. The highest BCUT2D eigenvalue weighted by Crippen LogP contribution is 2.29. The van der Waals surface area contributed by atoms with Gasteiger partial charge in [-0.15, -0.1) is 0 Å². The van der Waals surface area contributed by atoms with Crippen LogP contribution in [0.2, 0.25) is 0 Å². The van der Waals surface area contributed by atoms with Crippen LogP contribution in [-0.4, -0.2) is 31.6 Å². The second kappa shape index (κ2) is 5.40. The van der Waals surface area contributed by atoms with Gasteiger partial charge >= 0.3 is 0 Å². The van der Waals surface area contributed by atoms with Gasteiger partial charge < -0.3 is 0 Å². The van der Waals surface area contributed by atoms with Crippen LogP contribution in [0.3, 0.4) is 0 Å². The van der Waals surface area contributed by atoms with Gasteiger partial charge in [0.15, 0.2) is 0 Å². The zero-order chi connectivity index (χ0) is 13.3. The number of nitrogens with zero attached hydrogens (tertiary/aromatic N) is 1. The van der Waals surface area contributed by atoms with Crippen LogP contribution in [0.1, 0.15) is 12.8 Å². The predicted molar refractivity (Wildman–Crippen MR) is 74.8 cm³/mol. The van der Waals surface area contributed by atoms with E-state index in [-0.39, 0.29) is 23.8 Å². The summed E-state index contributed by atoms with van der Waals surface area (Å²) in [4.78, 5) is 11.4. The molecule has 1 aromatic rings. The van der Waals surface area contributed by atoms with Crippen LogP contribution in [0.15, 0.2) is 32.0 Å². The van der Waals surface area contributed by atoms with Crippen molar-refractivity contribution in [2.45, 2.75) is 17.7 Å². The van der Waals surface area contributed by atoms with Crippen LogP contribution in [0.25, 0.3) is 0 Å². The zero-order valence-corrected chi connectivity index (χ0v) is 13.4. The normalized spacial score (nSPS) is 18.0. The Bertz CT molecular complexity index is 576. The summed E-state index contributed by atoms with van der Waals surface area (Å²) in [6.45, 7) is 0.535. The van der Waals surface area contributed by atoms with Gasteiger partial charge in [-0.05, 0) is 34.1 Å². The fourth-order valence-corrected chi connectivity index (χ4v) is 4.95. The van der Waals surface area contributed by atoms with E-state index < -0.39 is 10.0 Å². The standard InChI is InChI=1S/C11H11Br2NO3S/c12-8-1-2-11(10(13)7-8)18(16,17)14-5-3-9(15)4-6-14/h1-2,7H,3-6H2. The first-order chi connectivity index (χ1) is 8.41. The fourth-order valence-electron chi connectivity index (χ4n) is 1.80. The summed E-state index contributed by atoms with van der Waals surface area (Å²) < 4.78 is 27.5. The third-order valence-corrected chi connectivity index (χ3v) is 6.16. The topological polar surface area (TPSA) is 54.5 Å². The van der Waals surface area contributed by atoms with Gasteiger partial charge in [0.05, 0.1) is 4.90 Å². The van der Waals surface area contributed by atoms with Crippen LogP contribution >= 0.6 is 31.9 Å². The van der Waals surface area contributed by atoms with Crippen molar-refractivity contribution in [1.29, 1.82) is 0 Å². The molecular weight excluding hydrogens is 386 g/mol. The zero-order valence-electron chi connectivity index (χ0n) is 9.40. The minimum Gasteiger partial charge on any atom is -0.300 e. The number of sulfonamides is 1. The van der Waals surface area contributed by atoms with Crippen molar-refractivity contribution in [3.63, 3.8) is 0 Å². The molecule has 7 heteroatoms. The maximum absolute atomic E-state index is 12.4. The van der Waals surface area contributed by atoms with E-state index >= 15 is 0 Å². The van der Waals surface area contributed by atoms with E-state index in [1.807, 2.05) is 0 Å². The average molecular weight is 397 g/mol. The second-order valence-electron chi connectivity index (χ2n) is 4.02. The van der Waals surface area contributed by atoms with Crippen molar-refractivity contribution in [2.24, 2.45) is 0 Å². The number of halogens is 2. The van der Waals surface area contributed by atoms with Gasteiger partial charge in [-0.25, -0.2) is 8.42 Å². The summed E-state index contributed by atoms with van der Waals surface area (Å²) in [7, 11) is -3.52. The summed E-state index contributed by atoms with van der Waals surface area (Å²) in [5.41, 5.74) is 0. The molecule has 1 heterocycles. The molecule has 1 aromatic carbocycles. The summed E-state index contributed by atoms with van der Waals surface area (Å²) >= 11 is 6.54. The van der Waals surface area contributed by atoms with Crippen LogP contribution in [0.5, 0.6) is 0 Å². The van der Waals surface area contributed by atoms with Gasteiger partial charge in [0.2, 0.25) is 10.0 Å². The second-order valence-corrected chi connectivity index (χ2v) is 7.69. The van der Waals surface area contributed by atoms with Gasteiger partial charge in [0.1, 0.15) is 5.78 Å². The smallest absolute Gasteiger partial charge is 0.244 e. The lowest BCUT2D eigenvalue weighted by atomic mass is 10.1. The van der Waals surface area contributed by atoms with Crippen molar-refractivity contribution < 1.29 is 13.2 Å². The molecule has 1 aliphatic heterocycles. The Morgan fingerprint density at radius 3 is 2.28 bits per heavy atom. The molecule has 1 fully saturated rings. The van der Waals surface area contributed by atoms with Crippen LogP contribution in [0.4, 0.5) is 0 Å². The largest absolute Gasteiger partial charge is 0.300 e. The number of carbonyl (C=O) groups is 1. The molecule has 0 atom stereocenters. The first-order valence-corrected chi connectivity index (χ1v) is 8.41. The van der Waals surface area contributed by atoms with E-state index in [9.17, 15) is 13.2 Å². The third-order valence-electron chi connectivity index (χ3n) is 2.79. The maximum Gasteiger partial charge on any atom is 0.244 e. The number of hydrogen-bond acceptors (Lipinski definition) is 3. The predicted octanol–water partition coefficient (Wildman–Crippen LogP) is 2.57. The highest BCUT2D eigenvalue weighted by Gasteiger charge is 2.29. The van der Waals surface area contributed by atoms with Gasteiger partial charge in [-0.1, -0.05) is 15.9 Å². The van der Waals surface area contributed by atoms with Crippen molar-refractivity contribution in [3.8, 4) is 0 Å². The number of carbonyl (C=O) groups excluding carboxylic acids is 1. The molecule has 0 saturated carbocycles. The van der Waals surface area contributed by atoms with E-state index in [1.54, 1.807) is 18.2 Å². The highest BCUT2D eigenvalue weighted by molar-refractivity contribution is 9.11. The SMILES string of the molecule is O=C1CCN(S(=O)(=O)c2ccc(Br)cc2Br)CC1. The Kier molecular flexibility index (Phi) is 4.25. The Hall–Kier alpha value is -0.240. The molecule has 0 aromatic heterocycles. The molecule has 4 nitrogen and oxygen atoms in total. The summed E-state index contributed by atoms with van der Waals surface area (Å²) in [6, 6.07) is 4.94. The summed E-state index contributed by atoms with van der Waals surface area (Å²) in [6.07, 6.45) is 0.598. The van der Waals surface area contributed by atoms with Gasteiger partial charge in [0, 0.05) is 34.9 Å². The number of Topliss-reactive ketones (excluding diaryl/α,β-unsaturated/α-hetero) is 1. The molecule has 98 valence electrons. The Labute approximate surface area is 123 Å². The first-order valence-electron chi connectivity index (χ1n) is 5.38. The van der Waals surface area contributed by atoms with E-state index in [0.717, 1.165) is 4.47 Å². The monoisotopic (exact) mass is 395 g/mol. The molecule has 1 saturated heterocycles. The molecule has 18 heavy (non-hydrogen) atoms. The van der Waals surface area contributed by atoms with E-state index in [0.29, 0.717) is 17.3 Å². The Morgan fingerprint density at radius 2 is 1.72 bits per heavy atom. The minimum absolute atomic E-state index is 0.122. The number of rotatable bonds is 2. The quantitative estimate of drug-likeness (QED) is 0.771. The molecule has 1 aliphatic rings. The first kappa shape index (κ1) is 14.2. The molecule has 0 bridgehead atoms. The lowest BCUT2D eigenvalue weighted by molar-refractivity contribution is -0.120. The van der Waals surface area contributed by atoms with Crippen molar-refractivity contribution in [1.82, 2.24) is 4.31 Å². The Balaban J connectivity index is 2.33. The van der Waals surface area contributed by atoms with E-state index in [2.05, 4.69) is 31.9 Å². The lowest BCUT2D eigenvalue weighted by Gasteiger charge is -2.25. The third kappa shape index (κ3) is 2.84. The Morgan fingerprint density at radius 1 is 1.11 bits per heavy atom. The molecule has 2 rings (SSSR count). The van der Waals surface area contributed by atoms with E-state index in [4.69, 9.17) is 0 Å². The molecule has 0 aliphatic carbocycles. The summed E-state index contributed by atoms with van der Waals surface area (Å²) in [5, 5.41) is 0.